The molecule has 0 saturated heterocycles. The van der Waals surface area contributed by atoms with Gasteiger partial charge >= 0.3 is 0 Å². The number of aromatic nitrogens is 1. The van der Waals surface area contributed by atoms with Crippen LogP contribution in [0.25, 0.3) is 0 Å². The Morgan fingerprint density at radius 3 is 2.76 bits per heavy atom. The van der Waals surface area contributed by atoms with Crippen molar-refractivity contribution in [3.63, 3.8) is 0 Å². The van der Waals surface area contributed by atoms with E-state index in [1.54, 1.807) is 25.4 Å². The van der Waals surface area contributed by atoms with Crippen LogP contribution in [0, 0.1) is 0 Å². The maximum atomic E-state index is 11.6. The van der Waals surface area contributed by atoms with Crippen molar-refractivity contribution >= 4 is 11.6 Å². The maximum Gasteiger partial charge on any atom is 0.226 e. The van der Waals surface area contributed by atoms with E-state index in [1.807, 2.05) is 13.8 Å². The molecule has 0 saturated carbocycles. The highest BCUT2D eigenvalue weighted by Crippen LogP contribution is 2.05. The first-order valence-corrected chi connectivity index (χ1v) is 5.45. The molecule has 0 aliphatic carbocycles. The highest BCUT2D eigenvalue weighted by atomic mass is 16.5. The molecule has 0 fully saturated rings. The van der Waals surface area contributed by atoms with Gasteiger partial charge in [0.05, 0.1) is 23.9 Å². The Morgan fingerprint density at radius 2 is 2.24 bits per heavy atom. The van der Waals surface area contributed by atoms with Crippen LogP contribution < -0.4 is 11.1 Å². The molecule has 0 bridgehead atoms. The van der Waals surface area contributed by atoms with Crippen molar-refractivity contribution in [2.24, 2.45) is 0 Å². The molecule has 0 spiro atoms. The SMILES string of the molecule is COC(C)(C)CNC(=O)Cc1ccc(N)cn1. The zero-order valence-electron chi connectivity index (χ0n) is 10.5. The highest BCUT2D eigenvalue weighted by molar-refractivity contribution is 5.78. The highest BCUT2D eigenvalue weighted by Gasteiger charge is 2.17. The van der Waals surface area contributed by atoms with E-state index in [-0.39, 0.29) is 17.9 Å². The summed E-state index contributed by atoms with van der Waals surface area (Å²) < 4.78 is 5.21. The lowest BCUT2D eigenvalue weighted by atomic mass is 10.1. The molecule has 94 valence electrons. The van der Waals surface area contributed by atoms with Gasteiger partial charge in [0.15, 0.2) is 0 Å². The van der Waals surface area contributed by atoms with Gasteiger partial charge in [-0.3, -0.25) is 9.78 Å². The number of carbonyl (C=O) groups excluding carboxylic acids is 1. The number of nitrogens with zero attached hydrogens (tertiary/aromatic N) is 1. The van der Waals surface area contributed by atoms with Crippen molar-refractivity contribution in [3.05, 3.63) is 24.0 Å². The Balaban J connectivity index is 2.42. The van der Waals surface area contributed by atoms with Crippen LogP contribution in [0.5, 0.6) is 0 Å². The molecule has 1 rings (SSSR count). The van der Waals surface area contributed by atoms with Crippen molar-refractivity contribution < 1.29 is 9.53 Å². The van der Waals surface area contributed by atoms with Crippen LogP contribution in [0.15, 0.2) is 18.3 Å². The van der Waals surface area contributed by atoms with Crippen LogP contribution in [-0.4, -0.2) is 30.1 Å². The smallest absolute Gasteiger partial charge is 0.226 e. The number of hydrogen-bond acceptors (Lipinski definition) is 4. The number of nitrogens with one attached hydrogen (secondary N) is 1. The fraction of sp³-hybridized carbons (Fsp3) is 0.500. The van der Waals surface area contributed by atoms with Crippen molar-refractivity contribution in [2.75, 3.05) is 19.4 Å². The number of pyridine rings is 1. The second-order valence-electron chi connectivity index (χ2n) is 4.50. The number of nitrogen functional groups attached to an aromatic ring is 1. The maximum absolute atomic E-state index is 11.6. The molecule has 1 aromatic rings. The third-order valence-corrected chi connectivity index (χ3v) is 2.45. The van der Waals surface area contributed by atoms with Gasteiger partial charge in [0.25, 0.3) is 0 Å². The Labute approximate surface area is 101 Å². The lowest BCUT2D eigenvalue weighted by molar-refractivity contribution is -0.121. The third-order valence-electron chi connectivity index (χ3n) is 2.45. The van der Waals surface area contributed by atoms with Gasteiger partial charge in [-0.15, -0.1) is 0 Å². The van der Waals surface area contributed by atoms with E-state index in [2.05, 4.69) is 10.3 Å². The van der Waals surface area contributed by atoms with Gasteiger partial charge in [-0.2, -0.15) is 0 Å². The van der Waals surface area contributed by atoms with Crippen LogP contribution in [0.4, 0.5) is 5.69 Å². The fourth-order valence-electron chi connectivity index (χ4n) is 1.15. The predicted octanol–water partition coefficient (Wildman–Crippen LogP) is 0.747. The van der Waals surface area contributed by atoms with Gasteiger partial charge < -0.3 is 15.8 Å². The van der Waals surface area contributed by atoms with Gasteiger partial charge in [0.1, 0.15) is 0 Å². The second kappa shape index (κ2) is 5.63. The minimum absolute atomic E-state index is 0.0765. The van der Waals surface area contributed by atoms with Gasteiger partial charge in [0, 0.05) is 19.3 Å². The molecule has 1 aromatic heterocycles. The third kappa shape index (κ3) is 4.82. The lowest BCUT2D eigenvalue weighted by Gasteiger charge is -2.23. The van der Waals surface area contributed by atoms with E-state index in [0.717, 1.165) is 0 Å². The van der Waals surface area contributed by atoms with E-state index in [9.17, 15) is 4.79 Å². The Bertz CT molecular complexity index is 374. The van der Waals surface area contributed by atoms with Crippen LogP contribution in [0.2, 0.25) is 0 Å². The molecule has 0 aromatic carbocycles. The quantitative estimate of drug-likeness (QED) is 0.792. The molecular weight excluding hydrogens is 218 g/mol. The molecular formula is C12H19N3O2. The monoisotopic (exact) mass is 237 g/mol. The van der Waals surface area contributed by atoms with E-state index in [1.165, 1.54) is 0 Å². The minimum Gasteiger partial charge on any atom is -0.397 e. The average Bonchev–Trinajstić information content (AvgIpc) is 2.30. The summed E-state index contributed by atoms with van der Waals surface area (Å²) in [4.78, 5) is 15.7. The summed E-state index contributed by atoms with van der Waals surface area (Å²) in [5.41, 5.74) is 6.45. The van der Waals surface area contributed by atoms with Gasteiger partial charge in [-0.25, -0.2) is 0 Å². The molecule has 0 unspecified atom stereocenters. The number of rotatable bonds is 5. The van der Waals surface area contributed by atoms with Crippen molar-refractivity contribution in [2.45, 2.75) is 25.9 Å². The number of carbonyl (C=O) groups is 1. The first-order valence-electron chi connectivity index (χ1n) is 5.45. The average molecular weight is 237 g/mol. The zero-order chi connectivity index (χ0) is 12.9. The van der Waals surface area contributed by atoms with Gasteiger partial charge in [-0.05, 0) is 26.0 Å². The van der Waals surface area contributed by atoms with Gasteiger partial charge in [-0.1, -0.05) is 0 Å². The molecule has 0 atom stereocenters. The Morgan fingerprint density at radius 1 is 1.53 bits per heavy atom. The van der Waals surface area contributed by atoms with E-state index >= 15 is 0 Å². The van der Waals surface area contributed by atoms with Gasteiger partial charge in [0.2, 0.25) is 5.91 Å². The van der Waals surface area contributed by atoms with E-state index in [4.69, 9.17) is 10.5 Å². The standard InChI is InChI=1S/C12H19N3O2/c1-12(2,17-3)8-15-11(16)6-10-5-4-9(13)7-14-10/h4-5,7H,6,8,13H2,1-3H3,(H,15,16). The molecule has 0 aliphatic heterocycles. The minimum atomic E-state index is -0.357. The molecule has 5 nitrogen and oxygen atoms in total. The summed E-state index contributed by atoms with van der Waals surface area (Å²) in [6, 6.07) is 3.48. The van der Waals surface area contributed by atoms with Crippen molar-refractivity contribution in [3.8, 4) is 0 Å². The molecule has 3 N–H and O–H groups in total. The fourth-order valence-corrected chi connectivity index (χ4v) is 1.15. The summed E-state index contributed by atoms with van der Waals surface area (Å²) >= 11 is 0. The predicted molar refractivity (Wildman–Crippen MR) is 66.5 cm³/mol. The first kappa shape index (κ1) is 13.4. The molecule has 0 aliphatic rings. The van der Waals surface area contributed by atoms with Crippen molar-refractivity contribution in [1.29, 1.82) is 0 Å². The van der Waals surface area contributed by atoms with Crippen LogP contribution in [-0.2, 0) is 16.0 Å². The number of hydrogen-bond donors (Lipinski definition) is 2. The molecule has 5 heteroatoms. The number of methoxy groups -OCH3 is 1. The summed E-state index contributed by atoms with van der Waals surface area (Å²) in [5.74, 6) is -0.0765. The lowest BCUT2D eigenvalue weighted by Crippen LogP contribution is -2.40. The van der Waals surface area contributed by atoms with Crippen LogP contribution >= 0.6 is 0 Å². The Kier molecular flexibility index (Phi) is 4.45. The summed E-state index contributed by atoms with van der Waals surface area (Å²) in [6.45, 7) is 4.29. The molecule has 1 amide bonds. The molecule has 1 heterocycles. The van der Waals surface area contributed by atoms with Crippen LogP contribution in [0.3, 0.4) is 0 Å². The Hall–Kier alpha value is -1.62. The summed E-state index contributed by atoms with van der Waals surface area (Å²) in [7, 11) is 1.62. The summed E-state index contributed by atoms with van der Waals surface area (Å²) in [6.07, 6.45) is 1.79. The topological polar surface area (TPSA) is 77.2 Å². The number of amides is 1. The van der Waals surface area contributed by atoms with E-state index in [0.29, 0.717) is 17.9 Å². The normalized spacial score (nSPS) is 11.2. The zero-order valence-corrected chi connectivity index (χ0v) is 10.5. The summed E-state index contributed by atoms with van der Waals surface area (Å²) in [5, 5.41) is 2.80. The van der Waals surface area contributed by atoms with Crippen molar-refractivity contribution in [1.82, 2.24) is 10.3 Å². The second-order valence-corrected chi connectivity index (χ2v) is 4.50. The first-order chi connectivity index (χ1) is 7.93. The molecule has 0 radical (unpaired) electrons. The van der Waals surface area contributed by atoms with E-state index < -0.39 is 0 Å². The largest absolute Gasteiger partial charge is 0.397 e. The number of nitrogens with two attached hydrogens (primary N) is 1. The van der Waals surface area contributed by atoms with Crippen LogP contribution in [0.1, 0.15) is 19.5 Å². The molecule has 17 heavy (non-hydrogen) atoms. The number of anilines is 1. The number of ether oxygens (including phenoxy) is 1.